The van der Waals surface area contributed by atoms with Gasteiger partial charge in [-0.05, 0) is 69.1 Å². The lowest BCUT2D eigenvalue weighted by atomic mass is 9.60. The molecule has 2 nitrogen and oxygen atoms in total. The van der Waals surface area contributed by atoms with Gasteiger partial charge in [0.15, 0.2) is 0 Å². The van der Waals surface area contributed by atoms with Crippen LogP contribution in [-0.2, 0) is 4.74 Å². The molecule has 122 valence electrons. The van der Waals surface area contributed by atoms with Gasteiger partial charge in [-0.1, -0.05) is 36.5 Å². The maximum Gasteiger partial charge on any atom is 0.0752 e. The second kappa shape index (κ2) is 7.14. The molecule has 4 atom stereocenters. The number of ether oxygens (including phenoxy) is 1. The van der Waals surface area contributed by atoms with E-state index < -0.39 is 0 Å². The van der Waals surface area contributed by atoms with Gasteiger partial charge in [0.25, 0.3) is 0 Å². The predicted octanol–water partition coefficient (Wildman–Crippen LogP) is 4.38. The van der Waals surface area contributed by atoms with Gasteiger partial charge < -0.3 is 10.5 Å². The number of rotatable bonds is 4. The molecule has 4 unspecified atom stereocenters. The maximum atomic E-state index is 7.21. The van der Waals surface area contributed by atoms with Gasteiger partial charge in [-0.15, -0.1) is 0 Å². The Morgan fingerprint density at radius 1 is 0.818 bits per heavy atom. The maximum absolute atomic E-state index is 7.21. The van der Waals surface area contributed by atoms with Crippen LogP contribution in [0, 0.1) is 17.8 Å². The molecule has 22 heavy (non-hydrogen) atoms. The molecule has 0 aromatic heterocycles. The first-order valence-electron chi connectivity index (χ1n) is 9.08. The monoisotopic (exact) mass is 301 g/mol. The fraction of sp³-hybridized carbons (Fsp3) is 0.700. The fourth-order valence-electron chi connectivity index (χ4n) is 4.69. The van der Waals surface area contributed by atoms with Crippen molar-refractivity contribution in [1.29, 1.82) is 0 Å². The summed E-state index contributed by atoms with van der Waals surface area (Å²) in [6, 6.07) is 0. The minimum Gasteiger partial charge on any atom is -0.377 e. The molecule has 0 spiro atoms. The van der Waals surface area contributed by atoms with E-state index in [-0.39, 0.29) is 11.6 Å². The van der Waals surface area contributed by atoms with E-state index >= 15 is 0 Å². The molecule has 3 aliphatic rings. The zero-order chi connectivity index (χ0) is 15.4. The first-order chi connectivity index (χ1) is 10.7. The van der Waals surface area contributed by atoms with Crippen LogP contribution in [0.5, 0.6) is 0 Å². The van der Waals surface area contributed by atoms with Gasteiger partial charge in [-0.2, -0.15) is 0 Å². The van der Waals surface area contributed by atoms with E-state index in [0.717, 1.165) is 12.8 Å². The Hall–Kier alpha value is -0.860. The van der Waals surface area contributed by atoms with E-state index in [1.807, 2.05) is 0 Å². The summed E-state index contributed by atoms with van der Waals surface area (Å²) in [7, 11) is 1.80. The molecule has 0 aromatic rings. The summed E-state index contributed by atoms with van der Waals surface area (Å²) in [5.74, 6) is 1.50. The SMILES string of the molecule is COC1C=CC(C(N)(C2C=CCCC2)C2C=CCCC2)CC1. The molecule has 2 heteroatoms. The lowest BCUT2D eigenvalue weighted by Crippen LogP contribution is -2.58. The molecule has 0 aromatic carbocycles. The van der Waals surface area contributed by atoms with Gasteiger partial charge in [-0.3, -0.25) is 0 Å². The van der Waals surface area contributed by atoms with Crippen molar-refractivity contribution < 1.29 is 4.74 Å². The van der Waals surface area contributed by atoms with Crippen LogP contribution >= 0.6 is 0 Å². The van der Waals surface area contributed by atoms with Gasteiger partial charge >= 0.3 is 0 Å². The van der Waals surface area contributed by atoms with Gasteiger partial charge in [0, 0.05) is 12.6 Å². The van der Waals surface area contributed by atoms with Crippen LogP contribution in [0.2, 0.25) is 0 Å². The van der Waals surface area contributed by atoms with Crippen molar-refractivity contribution in [3.8, 4) is 0 Å². The first-order valence-corrected chi connectivity index (χ1v) is 9.08. The standard InChI is InChI=1S/C20H31NO/c1-22-19-14-12-18(13-15-19)20(21,16-8-4-2-5-9-16)17-10-6-3-7-11-17/h4,6,8,10,12,14,16-19H,2-3,5,7,9,11,13,15,21H2,1H3. The highest BCUT2D eigenvalue weighted by atomic mass is 16.5. The highest BCUT2D eigenvalue weighted by molar-refractivity contribution is 5.20. The summed E-state index contributed by atoms with van der Waals surface area (Å²) in [5, 5.41) is 0. The van der Waals surface area contributed by atoms with Gasteiger partial charge in [-0.25, -0.2) is 0 Å². The highest BCUT2D eigenvalue weighted by Crippen LogP contribution is 2.44. The molecule has 0 aliphatic heterocycles. The van der Waals surface area contributed by atoms with Crippen LogP contribution in [0.3, 0.4) is 0 Å². The van der Waals surface area contributed by atoms with Crippen LogP contribution in [0.15, 0.2) is 36.5 Å². The second-order valence-electron chi connectivity index (χ2n) is 7.27. The third-order valence-electron chi connectivity index (χ3n) is 6.06. The molecule has 2 N–H and O–H groups in total. The second-order valence-corrected chi connectivity index (χ2v) is 7.27. The molecule has 0 saturated carbocycles. The van der Waals surface area contributed by atoms with E-state index in [9.17, 15) is 0 Å². The van der Waals surface area contributed by atoms with Crippen molar-refractivity contribution >= 4 is 0 Å². The van der Waals surface area contributed by atoms with Crippen LogP contribution < -0.4 is 5.73 Å². The largest absolute Gasteiger partial charge is 0.377 e. The molecule has 0 radical (unpaired) electrons. The van der Waals surface area contributed by atoms with Crippen molar-refractivity contribution in [2.24, 2.45) is 23.5 Å². The van der Waals surface area contributed by atoms with Crippen molar-refractivity contribution in [2.45, 2.75) is 63.0 Å². The third kappa shape index (κ3) is 3.09. The summed E-state index contributed by atoms with van der Waals surface area (Å²) in [6.07, 6.45) is 24.2. The molecule has 0 bridgehead atoms. The van der Waals surface area contributed by atoms with Gasteiger partial charge in [0.1, 0.15) is 0 Å². The summed E-state index contributed by atoms with van der Waals surface area (Å²) in [6.45, 7) is 0. The predicted molar refractivity (Wildman–Crippen MR) is 92.5 cm³/mol. The van der Waals surface area contributed by atoms with Crippen LogP contribution in [0.1, 0.15) is 51.4 Å². The quantitative estimate of drug-likeness (QED) is 0.782. The third-order valence-corrected chi connectivity index (χ3v) is 6.06. The Bertz CT molecular complexity index is 427. The van der Waals surface area contributed by atoms with E-state index in [2.05, 4.69) is 36.5 Å². The van der Waals surface area contributed by atoms with Crippen molar-refractivity contribution in [3.63, 3.8) is 0 Å². The van der Waals surface area contributed by atoms with Crippen LogP contribution in [-0.4, -0.2) is 18.8 Å². The first kappa shape index (κ1) is 16.0. The minimum atomic E-state index is -0.122. The fourth-order valence-corrected chi connectivity index (χ4v) is 4.69. The molecule has 3 aliphatic carbocycles. The van der Waals surface area contributed by atoms with Crippen molar-refractivity contribution in [2.75, 3.05) is 7.11 Å². The van der Waals surface area contributed by atoms with Crippen LogP contribution in [0.4, 0.5) is 0 Å². The average molecular weight is 301 g/mol. The molecule has 0 heterocycles. The average Bonchev–Trinajstić information content (AvgIpc) is 2.62. The number of hydrogen-bond acceptors (Lipinski definition) is 2. The summed E-state index contributed by atoms with van der Waals surface area (Å²) >= 11 is 0. The van der Waals surface area contributed by atoms with Crippen molar-refractivity contribution in [3.05, 3.63) is 36.5 Å². The highest BCUT2D eigenvalue weighted by Gasteiger charge is 2.45. The topological polar surface area (TPSA) is 35.2 Å². The Labute approximate surface area is 135 Å². The Morgan fingerprint density at radius 2 is 1.41 bits per heavy atom. The normalized spacial score (nSPS) is 37.9. The zero-order valence-electron chi connectivity index (χ0n) is 13.9. The number of methoxy groups -OCH3 is 1. The Balaban J connectivity index is 1.88. The number of allylic oxidation sites excluding steroid dienone is 2. The number of hydrogen-bond donors (Lipinski definition) is 1. The molecular weight excluding hydrogens is 270 g/mol. The molecule has 3 rings (SSSR count). The van der Waals surface area contributed by atoms with E-state index in [4.69, 9.17) is 10.5 Å². The molecule has 0 saturated heterocycles. The van der Waals surface area contributed by atoms with Gasteiger partial charge in [0.05, 0.1) is 6.10 Å². The van der Waals surface area contributed by atoms with E-state index in [1.54, 1.807) is 7.11 Å². The minimum absolute atomic E-state index is 0.122. The lowest BCUT2D eigenvalue weighted by Gasteiger charge is -2.49. The summed E-state index contributed by atoms with van der Waals surface area (Å²) in [4.78, 5) is 0. The Morgan fingerprint density at radius 3 is 1.82 bits per heavy atom. The lowest BCUT2D eigenvalue weighted by molar-refractivity contribution is 0.0925. The molecule has 0 amide bonds. The van der Waals surface area contributed by atoms with Gasteiger partial charge in [0.2, 0.25) is 0 Å². The molecule has 0 fully saturated rings. The van der Waals surface area contributed by atoms with Crippen LogP contribution in [0.25, 0.3) is 0 Å². The molecular formula is C20H31NO. The Kier molecular flexibility index (Phi) is 5.20. The smallest absolute Gasteiger partial charge is 0.0752 e. The summed E-state index contributed by atoms with van der Waals surface area (Å²) < 4.78 is 5.49. The van der Waals surface area contributed by atoms with Crippen molar-refractivity contribution in [1.82, 2.24) is 0 Å². The van der Waals surface area contributed by atoms with E-state index in [1.165, 1.54) is 38.5 Å². The van der Waals surface area contributed by atoms with E-state index in [0.29, 0.717) is 17.8 Å². The zero-order valence-corrected chi connectivity index (χ0v) is 13.9. The summed E-state index contributed by atoms with van der Waals surface area (Å²) in [5.41, 5.74) is 7.09. The number of nitrogens with two attached hydrogens (primary N) is 1.